The fourth-order valence-corrected chi connectivity index (χ4v) is 2.78. The predicted molar refractivity (Wildman–Crippen MR) is 80.1 cm³/mol. The van der Waals surface area contributed by atoms with Crippen LogP contribution in [0.25, 0.3) is 0 Å². The van der Waals surface area contributed by atoms with Gasteiger partial charge in [0.2, 0.25) is 0 Å². The van der Waals surface area contributed by atoms with Crippen molar-refractivity contribution in [1.29, 1.82) is 5.26 Å². The standard InChI is InChI=1S/C15H30N4/c1-5-19-11-7-14(8-12-19)18(4)10-6-9-15(2,13-16)17-3/h14,17H,5-12H2,1-4H3. The molecule has 4 heteroatoms. The third-order valence-electron chi connectivity index (χ3n) is 4.61. The maximum absolute atomic E-state index is 9.12. The van der Waals surface area contributed by atoms with Crippen LogP contribution in [0.2, 0.25) is 0 Å². The summed E-state index contributed by atoms with van der Waals surface area (Å²) in [6, 6.07) is 3.09. The van der Waals surface area contributed by atoms with Gasteiger partial charge >= 0.3 is 0 Å². The van der Waals surface area contributed by atoms with Gasteiger partial charge in [-0.2, -0.15) is 5.26 Å². The van der Waals surface area contributed by atoms with Gasteiger partial charge in [0, 0.05) is 6.04 Å². The molecule has 0 amide bonds. The Morgan fingerprint density at radius 1 is 1.42 bits per heavy atom. The molecule has 0 saturated carbocycles. The normalized spacial score (nSPS) is 21.3. The number of hydrogen-bond acceptors (Lipinski definition) is 4. The van der Waals surface area contributed by atoms with Gasteiger partial charge in [-0.05, 0) is 72.9 Å². The zero-order valence-corrected chi connectivity index (χ0v) is 13.1. The van der Waals surface area contributed by atoms with Crippen molar-refractivity contribution in [1.82, 2.24) is 15.1 Å². The number of nitrogens with one attached hydrogen (secondary N) is 1. The average Bonchev–Trinajstić information content (AvgIpc) is 2.47. The largest absolute Gasteiger partial charge is 0.303 e. The molecule has 0 aromatic heterocycles. The van der Waals surface area contributed by atoms with Crippen molar-refractivity contribution in [2.24, 2.45) is 0 Å². The van der Waals surface area contributed by atoms with E-state index in [9.17, 15) is 0 Å². The molecule has 19 heavy (non-hydrogen) atoms. The molecule has 1 fully saturated rings. The van der Waals surface area contributed by atoms with Crippen molar-refractivity contribution in [2.45, 2.75) is 51.1 Å². The molecule has 4 nitrogen and oxygen atoms in total. The van der Waals surface area contributed by atoms with E-state index in [2.05, 4.69) is 35.2 Å². The summed E-state index contributed by atoms with van der Waals surface area (Å²) in [6.45, 7) is 8.96. The van der Waals surface area contributed by atoms with Crippen LogP contribution in [0.15, 0.2) is 0 Å². The van der Waals surface area contributed by atoms with E-state index in [1.807, 2.05) is 14.0 Å². The van der Waals surface area contributed by atoms with E-state index >= 15 is 0 Å². The summed E-state index contributed by atoms with van der Waals surface area (Å²) in [5, 5.41) is 12.2. The van der Waals surface area contributed by atoms with Crippen LogP contribution in [0, 0.1) is 11.3 Å². The SMILES string of the molecule is CCN1CCC(N(C)CCCC(C)(C#N)NC)CC1. The molecule has 1 rings (SSSR count). The minimum Gasteiger partial charge on any atom is -0.303 e. The quantitative estimate of drug-likeness (QED) is 0.761. The number of hydrogen-bond donors (Lipinski definition) is 1. The highest BCUT2D eigenvalue weighted by molar-refractivity contribution is 5.02. The molecule has 1 unspecified atom stereocenters. The lowest BCUT2D eigenvalue weighted by atomic mass is 9.97. The first-order valence-corrected chi connectivity index (χ1v) is 7.57. The number of nitrogens with zero attached hydrogens (tertiary/aromatic N) is 3. The highest BCUT2D eigenvalue weighted by Crippen LogP contribution is 2.17. The van der Waals surface area contributed by atoms with E-state index in [1.54, 1.807) is 0 Å². The second kappa shape index (κ2) is 7.84. The fourth-order valence-electron chi connectivity index (χ4n) is 2.78. The molecule has 1 saturated heterocycles. The molecule has 0 radical (unpaired) electrons. The Labute approximate surface area is 118 Å². The molecule has 1 aliphatic rings. The van der Waals surface area contributed by atoms with Crippen molar-refractivity contribution in [2.75, 3.05) is 40.3 Å². The van der Waals surface area contributed by atoms with Gasteiger partial charge in [-0.3, -0.25) is 0 Å². The van der Waals surface area contributed by atoms with Crippen molar-refractivity contribution in [3.8, 4) is 6.07 Å². The fraction of sp³-hybridized carbons (Fsp3) is 0.933. The van der Waals surface area contributed by atoms with Gasteiger partial charge in [0.25, 0.3) is 0 Å². The monoisotopic (exact) mass is 266 g/mol. The van der Waals surface area contributed by atoms with Gasteiger partial charge in [-0.15, -0.1) is 0 Å². The van der Waals surface area contributed by atoms with E-state index in [0.29, 0.717) is 0 Å². The summed E-state index contributed by atoms with van der Waals surface area (Å²) in [4.78, 5) is 5.01. The molecule has 0 aromatic carbocycles. The molecule has 1 aliphatic heterocycles. The average molecular weight is 266 g/mol. The zero-order valence-electron chi connectivity index (χ0n) is 13.1. The van der Waals surface area contributed by atoms with Gasteiger partial charge in [0.05, 0.1) is 6.07 Å². The van der Waals surface area contributed by atoms with Crippen LogP contribution < -0.4 is 5.32 Å². The van der Waals surface area contributed by atoms with Crippen LogP contribution in [0.5, 0.6) is 0 Å². The van der Waals surface area contributed by atoms with Crippen molar-refractivity contribution in [3.63, 3.8) is 0 Å². The minimum atomic E-state index is -0.369. The number of piperidine rings is 1. The zero-order chi connectivity index (χ0) is 14.3. The van der Waals surface area contributed by atoms with Gasteiger partial charge in [-0.1, -0.05) is 6.92 Å². The van der Waals surface area contributed by atoms with Crippen LogP contribution in [0.4, 0.5) is 0 Å². The minimum absolute atomic E-state index is 0.369. The van der Waals surface area contributed by atoms with Crippen molar-refractivity contribution < 1.29 is 0 Å². The van der Waals surface area contributed by atoms with E-state index < -0.39 is 0 Å². The first-order chi connectivity index (χ1) is 9.04. The highest BCUT2D eigenvalue weighted by atomic mass is 15.2. The summed E-state index contributed by atoms with van der Waals surface area (Å²) < 4.78 is 0. The Bertz CT molecular complexity index is 291. The van der Waals surface area contributed by atoms with Gasteiger partial charge in [0.1, 0.15) is 5.54 Å². The van der Waals surface area contributed by atoms with Gasteiger partial charge in [-0.25, -0.2) is 0 Å². The number of likely N-dealkylation sites (tertiary alicyclic amines) is 1. The molecular formula is C15H30N4. The Morgan fingerprint density at radius 3 is 2.53 bits per heavy atom. The lowest BCUT2D eigenvalue weighted by molar-refractivity contribution is 0.129. The molecule has 0 aliphatic carbocycles. The number of rotatable bonds is 7. The molecule has 110 valence electrons. The summed E-state index contributed by atoms with van der Waals surface area (Å²) in [7, 11) is 4.10. The molecule has 1 atom stereocenters. The van der Waals surface area contributed by atoms with Crippen LogP contribution >= 0.6 is 0 Å². The van der Waals surface area contributed by atoms with Crippen LogP contribution in [-0.4, -0.2) is 61.7 Å². The molecule has 0 spiro atoms. The molecule has 1 N–H and O–H groups in total. The Balaban J connectivity index is 2.25. The maximum Gasteiger partial charge on any atom is 0.103 e. The molecular weight excluding hydrogens is 236 g/mol. The lowest BCUT2D eigenvalue weighted by Gasteiger charge is -2.36. The van der Waals surface area contributed by atoms with Crippen LogP contribution in [-0.2, 0) is 0 Å². The third-order valence-corrected chi connectivity index (χ3v) is 4.61. The van der Waals surface area contributed by atoms with Crippen molar-refractivity contribution >= 4 is 0 Å². The second-order valence-electron chi connectivity index (χ2n) is 5.94. The highest BCUT2D eigenvalue weighted by Gasteiger charge is 2.23. The van der Waals surface area contributed by atoms with Crippen LogP contribution in [0.1, 0.15) is 39.5 Å². The Hall–Kier alpha value is -0.630. The van der Waals surface area contributed by atoms with E-state index in [-0.39, 0.29) is 5.54 Å². The Kier molecular flexibility index (Phi) is 6.78. The van der Waals surface area contributed by atoms with Gasteiger partial charge < -0.3 is 15.1 Å². The second-order valence-corrected chi connectivity index (χ2v) is 5.94. The molecule has 0 aromatic rings. The summed E-state index contributed by atoms with van der Waals surface area (Å²) in [5.41, 5.74) is -0.369. The predicted octanol–water partition coefficient (Wildman–Crippen LogP) is 1.68. The summed E-state index contributed by atoms with van der Waals surface area (Å²) in [6.07, 6.45) is 4.56. The van der Waals surface area contributed by atoms with E-state index in [0.717, 1.165) is 25.4 Å². The Morgan fingerprint density at radius 2 is 2.05 bits per heavy atom. The first-order valence-electron chi connectivity index (χ1n) is 7.57. The third kappa shape index (κ3) is 5.10. The summed E-state index contributed by atoms with van der Waals surface area (Å²) >= 11 is 0. The van der Waals surface area contributed by atoms with Crippen molar-refractivity contribution in [3.05, 3.63) is 0 Å². The first kappa shape index (κ1) is 16.4. The smallest absolute Gasteiger partial charge is 0.103 e. The van der Waals surface area contributed by atoms with Gasteiger partial charge in [0.15, 0.2) is 0 Å². The van der Waals surface area contributed by atoms with Crippen LogP contribution in [0.3, 0.4) is 0 Å². The number of nitriles is 1. The van der Waals surface area contributed by atoms with E-state index in [4.69, 9.17) is 5.26 Å². The lowest BCUT2D eigenvalue weighted by Crippen LogP contribution is -2.44. The van der Waals surface area contributed by atoms with E-state index in [1.165, 1.54) is 32.5 Å². The maximum atomic E-state index is 9.12. The topological polar surface area (TPSA) is 42.3 Å². The molecule has 1 heterocycles. The molecule has 0 bridgehead atoms. The summed E-state index contributed by atoms with van der Waals surface area (Å²) in [5.74, 6) is 0.